The average molecular weight is 286 g/mol. The molecule has 2 N–H and O–H groups in total. The predicted octanol–water partition coefficient (Wildman–Crippen LogP) is 0.00450. The summed E-state index contributed by atoms with van der Waals surface area (Å²) in [6.45, 7) is 5.86. The summed E-state index contributed by atoms with van der Waals surface area (Å²) < 4.78 is 4.74. The smallest absolute Gasteiger partial charge is 0.328 e. The van der Waals surface area contributed by atoms with E-state index < -0.39 is 12.0 Å². The van der Waals surface area contributed by atoms with Gasteiger partial charge in [-0.3, -0.25) is 9.69 Å². The highest BCUT2D eigenvalue weighted by Gasteiger charge is 2.28. The minimum Gasteiger partial charge on any atom is -0.467 e. The molecule has 1 saturated heterocycles. The molecule has 1 aliphatic rings. The first kappa shape index (κ1) is 16.9. The van der Waals surface area contributed by atoms with Gasteiger partial charge in [-0.25, -0.2) is 4.79 Å². The second-order valence-corrected chi connectivity index (χ2v) is 5.53. The maximum absolute atomic E-state index is 12.0. The molecular formula is C14H26N2O4. The summed E-state index contributed by atoms with van der Waals surface area (Å²) in [5.74, 6) is -0.273. The third-order valence-corrected chi connectivity index (χ3v) is 3.98. The van der Waals surface area contributed by atoms with Crippen molar-refractivity contribution in [2.75, 3.05) is 33.4 Å². The molecule has 0 aromatic carbocycles. The van der Waals surface area contributed by atoms with Gasteiger partial charge in [0.25, 0.3) is 0 Å². The van der Waals surface area contributed by atoms with Crippen molar-refractivity contribution in [3.05, 3.63) is 0 Å². The van der Waals surface area contributed by atoms with E-state index in [1.54, 1.807) is 0 Å². The first-order chi connectivity index (χ1) is 9.51. The number of rotatable bonds is 7. The number of hydrogen-bond donors (Lipinski definition) is 2. The zero-order valence-electron chi connectivity index (χ0n) is 12.6. The monoisotopic (exact) mass is 286 g/mol. The lowest BCUT2D eigenvalue weighted by atomic mass is 9.99. The lowest BCUT2D eigenvalue weighted by Gasteiger charge is -2.23. The summed E-state index contributed by atoms with van der Waals surface area (Å²) in [6.07, 6.45) is 1.70. The van der Waals surface area contributed by atoms with Crippen molar-refractivity contribution in [1.82, 2.24) is 10.2 Å². The fourth-order valence-corrected chi connectivity index (χ4v) is 2.42. The minimum absolute atomic E-state index is 0.0372. The number of aliphatic hydroxyl groups excluding tert-OH is 1. The molecule has 3 unspecified atom stereocenters. The fraction of sp³-hybridized carbons (Fsp3) is 0.857. The van der Waals surface area contributed by atoms with Crippen LogP contribution < -0.4 is 5.32 Å². The molecule has 6 nitrogen and oxygen atoms in total. The highest BCUT2D eigenvalue weighted by molar-refractivity contribution is 5.85. The van der Waals surface area contributed by atoms with Gasteiger partial charge in [-0.05, 0) is 24.8 Å². The van der Waals surface area contributed by atoms with Gasteiger partial charge >= 0.3 is 5.97 Å². The van der Waals surface area contributed by atoms with Gasteiger partial charge in [0.15, 0.2) is 0 Å². The number of hydrogen-bond acceptors (Lipinski definition) is 5. The normalized spacial score (nSPS) is 22.3. The number of esters is 1. The van der Waals surface area contributed by atoms with Crippen LogP contribution in [0, 0.1) is 11.8 Å². The van der Waals surface area contributed by atoms with Gasteiger partial charge in [-0.2, -0.15) is 0 Å². The van der Waals surface area contributed by atoms with Crippen LogP contribution in [0.15, 0.2) is 0 Å². The number of nitrogens with one attached hydrogen (secondary N) is 1. The summed E-state index contributed by atoms with van der Waals surface area (Å²) >= 11 is 0. The van der Waals surface area contributed by atoms with Crippen LogP contribution in [-0.4, -0.2) is 61.3 Å². The van der Waals surface area contributed by atoms with E-state index in [0.29, 0.717) is 0 Å². The Kier molecular flexibility index (Phi) is 6.95. The molecule has 1 rings (SSSR count). The van der Waals surface area contributed by atoms with Crippen LogP contribution in [0.3, 0.4) is 0 Å². The van der Waals surface area contributed by atoms with Gasteiger partial charge in [0.05, 0.1) is 13.7 Å². The van der Waals surface area contributed by atoms with E-state index in [2.05, 4.69) is 5.32 Å². The summed E-state index contributed by atoms with van der Waals surface area (Å²) in [7, 11) is 1.33. The third kappa shape index (κ3) is 4.76. The van der Waals surface area contributed by atoms with Crippen LogP contribution in [0.1, 0.15) is 26.7 Å². The molecular weight excluding hydrogens is 260 g/mol. The van der Waals surface area contributed by atoms with Crippen LogP contribution in [0.2, 0.25) is 0 Å². The molecule has 3 atom stereocenters. The number of amides is 1. The van der Waals surface area contributed by atoms with Crippen LogP contribution in [0.4, 0.5) is 0 Å². The first-order valence-electron chi connectivity index (χ1n) is 7.22. The van der Waals surface area contributed by atoms with E-state index in [9.17, 15) is 9.59 Å². The predicted molar refractivity (Wildman–Crippen MR) is 75.0 cm³/mol. The molecule has 20 heavy (non-hydrogen) atoms. The van der Waals surface area contributed by atoms with Crippen molar-refractivity contribution in [2.45, 2.75) is 32.7 Å². The Bertz CT molecular complexity index is 335. The van der Waals surface area contributed by atoms with Gasteiger partial charge in [0.1, 0.15) is 6.04 Å². The fourth-order valence-electron chi connectivity index (χ4n) is 2.42. The molecule has 0 aromatic rings. The van der Waals surface area contributed by atoms with Gasteiger partial charge in [0.2, 0.25) is 5.91 Å². The number of ether oxygens (including phenoxy) is 1. The Hall–Kier alpha value is -1.14. The van der Waals surface area contributed by atoms with Gasteiger partial charge in [-0.1, -0.05) is 20.3 Å². The lowest BCUT2D eigenvalue weighted by molar-refractivity contribution is -0.146. The Morgan fingerprint density at radius 2 is 2.20 bits per heavy atom. The lowest BCUT2D eigenvalue weighted by Crippen LogP contribution is -2.48. The summed E-state index contributed by atoms with van der Waals surface area (Å²) in [5, 5.41) is 11.8. The minimum atomic E-state index is -0.589. The SMILES string of the molecule is CCC(C)C(NC(=O)CN1CCC(CO)C1)C(=O)OC. The number of methoxy groups -OCH3 is 1. The topological polar surface area (TPSA) is 78.9 Å². The van der Waals surface area contributed by atoms with E-state index in [-0.39, 0.29) is 30.9 Å². The first-order valence-corrected chi connectivity index (χ1v) is 7.22. The van der Waals surface area contributed by atoms with E-state index in [1.807, 2.05) is 18.7 Å². The van der Waals surface area contributed by atoms with Crippen molar-refractivity contribution in [2.24, 2.45) is 11.8 Å². The highest BCUT2D eigenvalue weighted by Crippen LogP contribution is 2.15. The number of likely N-dealkylation sites (tertiary alicyclic amines) is 1. The van der Waals surface area contributed by atoms with E-state index in [4.69, 9.17) is 9.84 Å². The average Bonchev–Trinajstić information content (AvgIpc) is 2.90. The van der Waals surface area contributed by atoms with Crippen molar-refractivity contribution < 1.29 is 19.4 Å². The van der Waals surface area contributed by atoms with Crippen LogP contribution in [-0.2, 0) is 14.3 Å². The standard InChI is InChI=1S/C14H26N2O4/c1-4-10(2)13(14(19)20-3)15-12(18)8-16-6-5-11(7-16)9-17/h10-11,13,17H,4-9H2,1-3H3,(H,15,18). The summed E-state index contributed by atoms with van der Waals surface area (Å²) in [5.41, 5.74) is 0. The number of nitrogens with zero attached hydrogens (tertiary/aromatic N) is 1. The van der Waals surface area contributed by atoms with Crippen LogP contribution in [0.5, 0.6) is 0 Å². The van der Waals surface area contributed by atoms with Gasteiger partial charge < -0.3 is 15.2 Å². The summed E-state index contributed by atoms with van der Waals surface area (Å²) in [4.78, 5) is 25.7. The summed E-state index contributed by atoms with van der Waals surface area (Å²) in [6, 6.07) is -0.589. The quantitative estimate of drug-likeness (QED) is 0.644. The molecule has 1 amide bonds. The second kappa shape index (κ2) is 8.21. The van der Waals surface area contributed by atoms with Crippen molar-refractivity contribution in [3.8, 4) is 0 Å². The van der Waals surface area contributed by atoms with Crippen molar-refractivity contribution >= 4 is 11.9 Å². The molecule has 1 aliphatic heterocycles. The molecule has 0 saturated carbocycles. The Balaban J connectivity index is 2.48. The zero-order valence-corrected chi connectivity index (χ0v) is 12.6. The number of carbonyl (C=O) groups excluding carboxylic acids is 2. The van der Waals surface area contributed by atoms with Crippen molar-refractivity contribution in [3.63, 3.8) is 0 Å². The molecule has 0 spiro atoms. The number of carbonyl (C=O) groups is 2. The van der Waals surface area contributed by atoms with Crippen molar-refractivity contribution in [1.29, 1.82) is 0 Å². The molecule has 1 heterocycles. The molecule has 0 aliphatic carbocycles. The third-order valence-electron chi connectivity index (χ3n) is 3.98. The second-order valence-electron chi connectivity index (χ2n) is 5.53. The van der Waals surface area contributed by atoms with E-state index >= 15 is 0 Å². The molecule has 0 radical (unpaired) electrons. The Morgan fingerprint density at radius 1 is 1.50 bits per heavy atom. The molecule has 1 fully saturated rings. The molecule has 0 aromatic heterocycles. The van der Waals surface area contributed by atoms with E-state index in [1.165, 1.54) is 7.11 Å². The Morgan fingerprint density at radius 3 is 2.70 bits per heavy atom. The van der Waals surface area contributed by atoms with E-state index in [0.717, 1.165) is 25.9 Å². The maximum Gasteiger partial charge on any atom is 0.328 e. The highest BCUT2D eigenvalue weighted by atomic mass is 16.5. The van der Waals surface area contributed by atoms with Crippen LogP contribution in [0.25, 0.3) is 0 Å². The van der Waals surface area contributed by atoms with Gasteiger partial charge in [0, 0.05) is 13.2 Å². The zero-order chi connectivity index (χ0) is 15.1. The molecule has 116 valence electrons. The molecule has 6 heteroatoms. The van der Waals surface area contributed by atoms with Gasteiger partial charge in [-0.15, -0.1) is 0 Å². The van der Waals surface area contributed by atoms with Crippen LogP contribution >= 0.6 is 0 Å². The largest absolute Gasteiger partial charge is 0.467 e. The number of aliphatic hydroxyl groups is 1. The maximum atomic E-state index is 12.0. The Labute approximate surface area is 120 Å². The molecule has 0 bridgehead atoms.